The summed E-state index contributed by atoms with van der Waals surface area (Å²) < 4.78 is 9.82. The van der Waals surface area contributed by atoms with Gasteiger partial charge in [0.25, 0.3) is 0 Å². The van der Waals surface area contributed by atoms with Gasteiger partial charge in [-0.3, -0.25) is 9.59 Å². The van der Waals surface area contributed by atoms with Crippen LogP contribution in [0.5, 0.6) is 0 Å². The molecule has 2 N–H and O–H groups in total. The van der Waals surface area contributed by atoms with Crippen LogP contribution >= 0.6 is 17.0 Å². The average molecular weight is 376 g/mol. The normalized spacial score (nSPS) is 10.8. The molecule has 122 valence electrons. The third kappa shape index (κ3) is 7.63. The molecule has 1 aromatic rings. The second-order valence-corrected chi connectivity index (χ2v) is 4.30. The molecule has 1 aromatic carbocycles. The van der Waals surface area contributed by atoms with Gasteiger partial charge >= 0.3 is 17.9 Å². The molecule has 8 heteroatoms. The van der Waals surface area contributed by atoms with Crippen LogP contribution in [0.15, 0.2) is 24.3 Å². The highest BCUT2D eigenvalue weighted by Gasteiger charge is 2.14. The van der Waals surface area contributed by atoms with Gasteiger partial charge in [-0.15, -0.1) is 17.0 Å². The molecule has 0 aromatic heterocycles. The highest BCUT2D eigenvalue weighted by Crippen LogP contribution is 2.10. The average Bonchev–Trinajstić information content (AvgIpc) is 2.41. The van der Waals surface area contributed by atoms with Crippen LogP contribution < -0.4 is 5.32 Å². The molecule has 0 saturated carbocycles. The Bertz CT molecular complexity index is 517. The number of anilines is 1. The monoisotopic (exact) mass is 375 g/mol. The largest absolute Gasteiger partial charge is 0.478 e. The number of nitrogens with one attached hydrogen (secondary N) is 1. The maximum Gasteiger partial charge on any atom is 0.335 e. The number of hydrogen-bond donors (Lipinski definition) is 2. The van der Waals surface area contributed by atoms with E-state index in [0.717, 1.165) is 0 Å². The highest BCUT2D eigenvalue weighted by molar-refractivity contribution is 8.93. The third-order valence-electron chi connectivity index (χ3n) is 2.47. The maximum atomic E-state index is 11.0. The summed E-state index contributed by atoms with van der Waals surface area (Å²) in [6.07, 6.45) is -0.620. The third-order valence-corrected chi connectivity index (χ3v) is 2.47. The smallest absolute Gasteiger partial charge is 0.335 e. The van der Waals surface area contributed by atoms with Gasteiger partial charge in [0.2, 0.25) is 0 Å². The first-order valence-corrected chi connectivity index (χ1v) is 6.26. The molecule has 1 atom stereocenters. The molecule has 1 rings (SSSR count). The number of ether oxygens (including phenoxy) is 2. The van der Waals surface area contributed by atoms with Crippen LogP contribution in [-0.4, -0.2) is 42.3 Å². The summed E-state index contributed by atoms with van der Waals surface area (Å²) in [5.74, 6) is -1.94. The molecule has 0 bridgehead atoms. The number of carboxylic acid groups (broad SMARTS) is 1. The molecule has 0 aliphatic rings. The van der Waals surface area contributed by atoms with Crippen LogP contribution in [0.1, 0.15) is 24.2 Å². The molecule has 0 radical (unpaired) electrons. The van der Waals surface area contributed by atoms with Crippen molar-refractivity contribution in [1.29, 1.82) is 0 Å². The number of aromatic carboxylic acids is 1. The van der Waals surface area contributed by atoms with Crippen molar-refractivity contribution in [1.82, 2.24) is 0 Å². The van der Waals surface area contributed by atoms with E-state index in [1.54, 1.807) is 12.1 Å². The van der Waals surface area contributed by atoms with Crippen molar-refractivity contribution in [3.8, 4) is 0 Å². The van der Waals surface area contributed by atoms with Crippen LogP contribution in [0.2, 0.25) is 0 Å². The lowest BCUT2D eigenvalue weighted by Crippen LogP contribution is -2.30. The van der Waals surface area contributed by atoms with Gasteiger partial charge in [-0.05, 0) is 24.3 Å². The van der Waals surface area contributed by atoms with Gasteiger partial charge in [0.05, 0.1) is 12.1 Å². The van der Waals surface area contributed by atoms with E-state index in [9.17, 15) is 14.4 Å². The second-order valence-electron chi connectivity index (χ2n) is 4.30. The van der Waals surface area contributed by atoms with Crippen molar-refractivity contribution >= 4 is 40.6 Å². The number of esters is 2. The summed E-state index contributed by atoms with van der Waals surface area (Å²) in [6, 6.07) is 6.11. The molecule has 0 fully saturated rings. The van der Waals surface area contributed by atoms with Crippen molar-refractivity contribution in [2.45, 2.75) is 20.0 Å². The van der Waals surface area contributed by atoms with E-state index in [0.29, 0.717) is 5.69 Å². The number of benzene rings is 1. The lowest BCUT2D eigenvalue weighted by molar-refractivity contribution is -0.155. The Morgan fingerprint density at radius 1 is 1.14 bits per heavy atom. The van der Waals surface area contributed by atoms with E-state index in [2.05, 4.69) is 5.32 Å². The van der Waals surface area contributed by atoms with E-state index >= 15 is 0 Å². The van der Waals surface area contributed by atoms with Crippen molar-refractivity contribution in [2.75, 3.05) is 18.5 Å². The van der Waals surface area contributed by atoms with Crippen LogP contribution in [0.4, 0.5) is 5.69 Å². The number of carbonyl (C=O) groups excluding carboxylic acids is 2. The topological polar surface area (TPSA) is 102 Å². The molecular weight excluding hydrogens is 358 g/mol. The van der Waals surface area contributed by atoms with E-state index in [1.807, 2.05) is 0 Å². The highest BCUT2D eigenvalue weighted by atomic mass is 79.9. The molecule has 0 amide bonds. The SMILES string of the molecule is Br.CC(=O)OCC(CNc1ccc(C(=O)O)cc1)OC(C)=O. The molecular formula is C14H18BrNO6. The fraction of sp³-hybridized carbons (Fsp3) is 0.357. The number of carboxylic acids is 1. The zero-order valence-corrected chi connectivity index (χ0v) is 13.9. The van der Waals surface area contributed by atoms with E-state index < -0.39 is 24.0 Å². The quantitative estimate of drug-likeness (QED) is 0.701. The Labute approximate surface area is 138 Å². The fourth-order valence-electron chi connectivity index (χ4n) is 1.54. The number of halogens is 1. The Morgan fingerprint density at radius 2 is 1.73 bits per heavy atom. The van der Waals surface area contributed by atoms with Gasteiger partial charge in [-0.1, -0.05) is 0 Å². The Balaban J connectivity index is 0.00000441. The fourth-order valence-corrected chi connectivity index (χ4v) is 1.54. The number of carbonyl (C=O) groups is 3. The Morgan fingerprint density at radius 3 is 2.18 bits per heavy atom. The Kier molecular flexibility index (Phi) is 8.85. The van der Waals surface area contributed by atoms with Gasteiger partial charge in [-0.2, -0.15) is 0 Å². The van der Waals surface area contributed by atoms with E-state index in [-0.39, 0.29) is 35.7 Å². The van der Waals surface area contributed by atoms with E-state index in [4.69, 9.17) is 14.6 Å². The van der Waals surface area contributed by atoms with Crippen LogP contribution in [0.25, 0.3) is 0 Å². The predicted octanol–water partition coefficient (Wildman–Crippen LogP) is 1.87. The van der Waals surface area contributed by atoms with E-state index in [1.165, 1.54) is 26.0 Å². The van der Waals surface area contributed by atoms with Crippen molar-refractivity contribution in [3.05, 3.63) is 29.8 Å². The second kappa shape index (κ2) is 9.78. The summed E-state index contributed by atoms with van der Waals surface area (Å²) in [4.78, 5) is 32.5. The van der Waals surface area contributed by atoms with Crippen LogP contribution in [-0.2, 0) is 19.1 Å². The lowest BCUT2D eigenvalue weighted by Gasteiger charge is -2.18. The minimum absolute atomic E-state index is 0. The molecule has 7 nitrogen and oxygen atoms in total. The molecule has 0 spiro atoms. The summed E-state index contributed by atoms with van der Waals surface area (Å²) in [7, 11) is 0. The van der Waals surface area contributed by atoms with Crippen LogP contribution in [0, 0.1) is 0 Å². The lowest BCUT2D eigenvalue weighted by atomic mass is 10.2. The standard InChI is InChI=1S/C14H17NO6.BrH/c1-9(16)20-8-13(21-10(2)17)7-15-12-5-3-11(4-6-12)14(18)19;/h3-6,13,15H,7-8H2,1-2H3,(H,18,19);1H. The maximum absolute atomic E-state index is 11.0. The van der Waals surface area contributed by atoms with Gasteiger partial charge < -0.3 is 19.9 Å². The first kappa shape index (κ1) is 19.9. The molecule has 0 aliphatic heterocycles. The first-order valence-electron chi connectivity index (χ1n) is 6.26. The van der Waals surface area contributed by atoms with Crippen molar-refractivity contribution < 1.29 is 29.0 Å². The summed E-state index contributed by atoms with van der Waals surface area (Å²) in [5.41, 5.74) is 0.844. The minimum Gasteiger partial charge on any atom is -0.478 e. The van der Waals surface area contributed by atoms with Gasteiger partial charge in [-0.25, -0.2) is 4.79 Å². The van der Waals surface area contributed by atoms with Gasteiger partial charge in [0.1, 0.15) is 6.61 Å². The van der Waals surface area contributed by atoms with Gasteiger partial charge in [0.15, 0.2) is 6.10 Å². The van der Waals surface area contributed by atoms with Crippen LogP contribution in [0.3, 0.4) is 0 Å². The molecule has 1 unspecified atom stereocenters. The summed E-state index contributed by atoms with van der Waals surface area (Å²) >= 11 is 0. The molecule has 0 heterocycles. The molecule has 0 saturated heterocycles. The summed E-state index contributed by atoms with van der Waals surface area (Å²) in [5, 5.41) is 11.8. The minimum atomic E-state index is -1.01. The Hall–Kier alpha value is -2.09. The zero-order chi connectivity index (χ0) is 15.8. The molecule has 0 aliphatic carbocycles. The number of hydrogen-bond acceptors (Lipinski definition) is 6. The van der Waals surface area contributed by atoms with Gasteiger partial charge in [0, 0.05) is 19.5 Å². The number of rotatable bonds is 7. The van der Waals surface area contributed by atoms with Crippen molar-refractivity contribution in [2.24, 2.45) is 0 Å². The molecule has 22 heavy (non-hydrogen) atoms. The summed E-state index contributed by atoms with van der Waals surface area (Å²) in [6.45, 7) is 2.72. The zero-order valence-electron chi connectivity index (χ0n) is 12.2. The first-order chi connectivity index (χ1) is 9.88. The van der Waals surface area contributed by atoms with Crippen molar-refractivity contribution in [3.63, 3.8) is 0 Å². The predicted molar refractivity (Wildman–Crippen MR) is 84.4 cm³/mol.